The number of hydrogen-bond acceptors (Lipinski definition) is 4. The first-order valence-electron chi connectivity index (χ1n) is 8.57. The lowest BCUT2D eigenvalue weighted by molar-refractivity contribution is -0.139. The van der Waals surface area contributed by atoms with Gasteiger partial charge in [-0.1, -0.05) is 67.7 Å². The summed E-state index contributed by atoms with van der Waals surface area (Å²) in [6.45, 7) is 1.90. The van der Waals surface area contributed by atoms with E-state index >= 15 is 0 Å². The van der Waals surface area contributed by atoms with E-state index in [0.29, 0.717) is 19.3 Å². The van der Waals surface area contributed by atoms with E-state index in [1.807, 2.05) is 13.0 Å². The Morgan fingerprint density at radius 3 is 2.16 bits per heavy atom. The summed E-state index contributed by atoms with van der Waals surface area (Å²) < 4.78 is 0. The molecule has 0 aromatic heterocycles. The number of aliphatic hydroxyl groups excluding tert-OH is 3. The van der Waals surface area contributed by atoms with Gasteiger partial charge in [-0.2, -0.15) is 0 Å². The van der Waals surface area contributed by atoms with Gasteiger partial charge in [0.2, 0.25) is 0 Å². The van der Waals surface area contributed by atoms with Gasteiger partial charge in [0, 0.05) is 5.92 Å². The molecule has 0 aromatic rings. The molecule has 0 amide bonds. The second kappa shape index (κ2) is 11.6. The molecular weight excluding hydrogens is 320 g/mol. The molecule has 1 fully saturated rings. The Balaban J connectivity index is 2.22. The van der Waals surface area contributed by atoms with Crippen molar-refractivity contribution in [2.75, 3.05) is 0 Å². The molecule has 0 saturated heterocycles. The third kappa shape index (κ3) is 9.19. The van der Waals surface area contributed by atoms with Crippen molar-refractivity contribution in [3.63, 3.8) is 0 Å². The molecule has 0 aromatic carbocycles. The van der Waals surface area contributed by atoms with Crippen LogP contribution in [0.25, 0.3) is 0 Å². The molecule has 25 heavy (non-hydrogen) atoms. The van der Waals surface area contributed by atoms with Gasteiger partial charge in [0.25, 0.3) is 0 Å². The number of rotatable bonds is 11. The van der Waals surface area contributed by atoms with Crippen LogP contribution in [0.4, 0.5) is 0 Å². The quantitative estimate of drug-likeness (QED) is 0.430. The summed E-state index contributed by atoms with van der Waals surface area (Å²) in [6.07, 6.45) is 17.0. The summed E-state index contributed by atoms with van der Waals surface area (Å²) in [5.74, 6) is -1.46. The topological polar surface area (TPSA) is 98.0 Å². The van der Waals surface area contributed by atoms with Crippen molar-refractivity contribution in [3.8, 4) is 0 Å². The van der Waals surface area contributed by atoms with E-state index in [2.05, 4.69) is 0 Å². The molecule has 138 valence electrons. The minimum atomic E-state index is -0.851. The van der Waals surface area contributed by atoms with Crippen molar-refractivity contribution in [1.82, 2.24) is 0 Å². The third-order valence-corrected chi connectivity index (χ3v) is 3.95. The molecule has 0 unspecified atom stereocenters. The van der Waals surface area contributed by atoms with Gasteiger partial charge >= 0.3 is 5.97 Å². The Morgan fingerprint density at radius 1 is 0.960 bits per heavy atom. The van der Waals surface area contributed by atoms with Crippen molar-refractivity contribution < 1.29 is 25.2 Å². The number of aliphatic carboxylic acids is 1. The third-order valence-electron chi connectivity index (χ3n) is 3.95. The first kappa shape index (κ1) is 21.1. The molecule has 5 atom stereocenters. The average Bonchev–Trinajstić information content (AvgIpc) is 3.38. The monoisotopic (exact) mass is 348 g/mol. The van der Waals surface area contributed by atoms with Gasteiger partial charge in [-0.15, -0.1) is 0 Å². The summed E-state index contributed by atoms with van der Waals surface area (Å²) in [5, 5.41) is 37.6. The zero-order chi connectivity index (χ0) is 18.7. The standard InChI is InChI=1S/C20H28O5/c1-2-15(21)10-7-5-8-12-16(22)11-6-3-4-9-13-19(23)17-14-18(17)20(24)25/h3-11,13,15-19,21-23H,2,12,14H2,1H3,(H,24,25)/b4-3+,8-5-,10-7+,11-6+,13-9-/t15-,16+,17-,18-,19-/m1/s1. The summed E-state index contributed by atoms with van der Waals surface area (Å²) in [6, 6.07) is 0. The predicted octanol–water partition coefficient (Wildman–Crippen LogP) is 2.37. The highest BCUT2D eigenvalue weighted by Gasteiger charge is 2.46. The van der Waals surface area contributed by atoms with Crippen LogP contribution in [0.5, 0.6) is 0 Å². The molecule has 0 radical (unpaired) electrons. The SMILES string of the molecule is CC[C@@H](O)/C=C/C=C\C[C@@H](O)/C=C/C=C/C=C\[C@@H](O)[C@@H]1C[C@H]1C(=O)O. The fourth-order valence-corrected chi connectivity index (χ4v) is 2.22. The van der Waals surface area contributed by atoms with Gasteiger partial charge in [0.1, 0.15) is 0 Å². The van der Waals surface area contributed by atoms with Crippen molar-refractivity contribution in [2.45, 2.75) is 44.5 Å². The Hall–Kier alpha value is -1.95. The summed E-state index contributed by atoms with van der Waals surface area (Å²) in [5.41, 5.74) is 0. The summed E-state index contributed by atoms with van der Waals surface area (Å²) in [4.78, 5) is 10.7. The summed E-state index contributed by atoms with van der Waals surface area (Å²) in [7, 11) is 0. The van der Waals surface area contributed by atoms with Crippen molar-refractivity contribution in [2.24, 2.45) is 11.8 Å². The van der Waals surface area contributed by atoms with Crippen LogP contribution in [0.2, 0.25) is 0 Å². The second-order valence-electron chi connectivity index (χ2n) is 6.08. The Labute approximate surface area is 149 Å². The number of carboxylic acids is 1. The Kier molecular flexibility index (Phi) is 9.77. The van der Waals surface area contributed by atoms with Crippen LogP contribution in [0.3, 0.4) is 0 Å². The van der Waals surface area contributed by atoms with Gasteiger partial charge in [-0.3, -0.25) is 4.79 Å². The molecular formula is C20H28O5. The molecule has 0 bridgehead atoms. The fourth-order valence-electron chi connectivity index (χ4n) is 2.22. The van der Waals surface area contributed by atoms with Crippen LogP contribution in [0, 0.1) is 11.8 Å². The number of allylic oxidation sites excluding steroid dienone is 6. The lowest BCUT2D eigenvalue weighted by Crippen LogP contribution is -2.10. The summed E-state index contributed by atoms with van der Waals surface area (Å²) >= 11 is 0. The van der Waals surface area contributed by atoms with Gasteiger partial charge < -0.3 is 20.4 Å². The highest BCUT2D eigenvalue weighted by Crippen LogP contribution is 2.41. The molecule has 5 nitrogen and oxygen atoms in total. The number of aliphatic hydroxyl groups is 3. The zero-order valence-corrected chi connectivity index (χ0v) is 14.5. The van der Waals surface area contributed by atoms with Crippen LogP contribution in [-0.4, -0.2) is 44.7 Å². The maximum Gasteiger partial charge on any atom is 0.306 e. The molecule has 5 heteroatoms. The van der Waals surface area contributed by atoms with Gasteiger partial charge in [0.15, 0.2) is 0 Å². The van der Waals surface area contributed by atoms with Crippen LogP contribution >= 0.6 is 0 Å². The van der Waals surface area contributed by atoms with Gasteiger partial charge in [0.05, 0.1) is 24.2 Å². The van der Waals surface area contributed by atoms with Crippen molar-refractivity contribution in [1.29, 1.82) is 0 Å². The van der Waals surface area contributed by atoms with Gasteiger partial charge in [-0.25, -0.2) is 0 Å². The van der Waals surface area contributed by atoms with E-state index in [1.54, 1.807) is 54.7 Å². The van der Waals surface area contributed by atoms with Crippen LogP contribution in [0.1, 0.15) is 26.2 Å². The van der Waals surface area contributed by atoms with Crippen LogP contribution < -0.4 is 0 Å². The van der Waals surface area contributed by atoms with E-state index in [-0.39, 0.29) is 5.92 Å². The minimum absolute atomic E-state index is 0.182. The van der Waals surface area contributed by atoms with Gasteiger partial charge in [-0.05, 0) is 19.3 Å². The zero-order valence-electron chi connectivity index (χ0n) is 14.5. The van der Waals surface area contributed by atoms with Crippen LogP contribution in [-0.2, 0) is 4.79 Å². The normalized spacial score (nSPS) is 24.8. The van der Waals surface area contributed by atoms with E-state index in [1.165, 1.54) is 0 Å². The average molecular weight is 348 g/mol. The molecule has 1 aliphatic rings. The highest BCUT2D eigenvalue weighted by atomic mass is 16.4. The molecule has 0 aliphatic heterocycles. The molecule has 0 heterocycles. The maximum absolute atomic E-state index is 10.7. The number of carbonyl (C=O) groups is 1. The molecule has 0 spiro atoms. The highest BCUT2D eigenvalue weighted by molar-refractivity contribution is 5.73. The maximum atomic E-state index is 10.7. The molecule has 1 rings (SSSR count). The van der Waals surface area contributed by atoms with E-state index in [4.69, 9.17) is 5.11 Å². The van der Waals surface area contributed by atoms with E-state index in [9.17, 15) is 20.1 Å². The lowest BCUT2D eigenvalue weighted by atomic mass is 10.2. The fraction of sp³-hybridized carbons (Fsp3) is 0.450. The smallest absolute Gasteiger partial charge is 0.306 e. The Bertz CT molecular complexity index is 544. The Morgan fingerprint density at radius 2 is 1.56 bits per heavy atom. The first-order valence-corrected chi connectivity index (χ1v) is 8.57. The van der Waals surface area contributed by atoms with E-state index < -0.39 is 30.2 Å². The first-order chi connectivity index (χ1) is 12.0. The van der Waals surface area contributed by atoms with Crippen molar-refractivity contribution in [3.05, 3.63) is 60.8 Å². The van der Waals surface area contributed by atoms with Crippen molar-refractivity contribution >= 4 is 5.97 Å². The molecule has 1 aliphatic carbocycles. The lowest BCUT2D eigenvalue weighted by Gasteiger charge is -2.01. The predicted molar refractivity (Wildman–Crippen MR) is 97.9 cm³/mol. The van der Waals surface area contributed by atoms with E-state index in [0.717, 1.165) is 0 Å². The largest absolute Gasteiger partial charge is 0.481 e. The molecule has 4 N–H and O–H groups in total. The second-order valence-corrected chi connectivity index (χ2v) is 6.08. The van der Waals surface area contributed by atoms with Crippen LogP contribution in [0.15, 0.2) is 60.8 Å². The number of hydrogen-bond donors (Lipinski definition) is 4. The number of carboxylic acid groups (broad SMARTS) is 1. The molecule has 1 saturated carbocycles. The minimum Gasteiger partial charge on any atom is -0.481 e.